The Kier molecular flexibility index (Phi) is 3.60. The van der Waals surface area contributed by atoms with Gasteiger partial charge in [-0.15, -0.1) is 11.3 Å². The molecule has 1 N–H and O–H groups in total. The highest BCUT2D eigenvalue weighted by atomic mass is 32.1. The second-order valence-corrected chi connectivity index (χ2v) is 5.03. The van der Waals surface area contributed by atoms with E-state index < -0.39 is 23.1 Å². The van der Waals surface area contributed by atoms with Crippen molar-refractivity contribution in [2.75, 3.05) is 0 Å². The number of benzene rings is 1. The van der Waals surface area contributed by atoms with Crippen LogP contribution in [0.4, 0.5) is 17.6 Å². The molecule has 1 aromatic heterocycles. The molecule has 0 saturated carbocycles. The maximum Gasteiger partial charge on any atom is 0.443 e. The molecule has 1 unspecified atom stereocenters. The summed E-state index contributed by atoms with van der Waals surface area (Å²) in [6.07, 6.45) is -4.78. The summed E-state index contributed by atoms with van der Waals surface area (Å²) in [5, 5.41) is 9.01. The third kappa shape index (κ3) is 2.93. The zero-order chi connectivity index (χ0) is 14.2. The van der Waals surface area contributed by atoms with Gasteiger partial charge in [0.2, 0.25) is 0 Å². The van der Waals surface area contributed by atoms with Crippen LogP contribution in [0.1, 0.15) is 27.1 Å². The molecule has 2 nitrogen and oxygen atoms in total. The van der Waals surface area contributed by atoms with Crippen molar-refractivity contribution in [1.82, 2.24) is 4.98 Å². The van der Waals surface area contributed by atoms with Crippen molar-refractivity contribution in [3.8, 4) is 0 Å². The number of aliphatic hydroxyl groups excluding tert-OH is 1. The number of hydrogen-bond donors (Lipinski definition) is 1. The fourth-order valence-electron chi connectivity index (χ4n) is 1.64. The monoisotopic (exact) mass is 291 g/mol. The molecular formula is C12H9F4NOS. The molecule has 0 aliphatic carbocycles. The van der Waals surface area contributed by atoms with E-state index in [9.17, 15) is 22.7 Å². The van der Waals surface area contributed by atoms with E-state index in [0.29, 0.717) is 22.5 Å². The summed E-state index contributed by atoms with van der Waals surface area (Å²) in [6.45, 7) is 1.58. The molecule has 0 aliphatic heterocycles. The first-order valence-corrected chi connectivity index (χ1v) is 6.07. The van der Waals surface area contributed by atoms with Crippen LogP contribution < -0.4 is 0 Å². The van der Waals surface area contributed by atoms with Crippen LogP contribution >= 0.6 is 11.3 Å². The third-order valence-electron chi connectivity index (χ3n) is 2.56. The van der Waals surface area contributed by atoms with E-state index in [1.807, 2.05) is 0 Å². The summed E-state index contributed by atoms with van der Waals surface area (Å²) in [4.78, 5) is 3.31. The summed E-state index contributed by atoms with van der Waals surface area (Å²) < 4.78 is 50.2. The number of hydrogen-bond acceptors (Lipinski definition) is 3. The van der Waals surface area contributed by atoms with Gasteiger partial charge < -0.3 is 5.11 Å². The lowest BCUT2D eigenvalue weighted by Crippen LogP contribution is -2.03. The normalized spacial score (nSPS) is 13.6. The molecule has 0 fully saturated rings. The Morgan fingerprint density at radius 3 is 2.53 bits per heavy atom. The topological polar surface area (TPSA) is 33.1 Å². The molecule has 0 bridgehead atoms. The Balaban J connectivity index is 2.34. The summed E-state index contributed by atoms with van der Waals surface area (Å²) >= 11 is 0.376. The van der Waals surface area contributed by atoms with Crippen molar-refractivity contribution in [2.45, 2.75) is 19.2 Å². The Morgan fingerprint density at radius 2 is 2.00 bits per heavy atom. The third-order valence-corrected chi connectivity index (χ3v) is 3.66. The first-order chi connectivity index (χ1) is 8.79. The summed E-state index contributed by atoms with van der Waals surface area (Å²) in [5.41, 5.74) is 0.827. The van der Waals surface area contributed by atoms with Gasteiger partial charge in [0.25, 0.3) is 0 Å². The first kappa shape index (κ1) is 14.0. The summed E-state index contributed by atoms with van der Waals surface area (Å²) in [7, 11) is 0. The number of aromatic nitrogens is 1. The lowest BCUT2D eigenvalue weighted by atomic mass is 10.0. The van der Waals surface area contributed by atoms with E-state index >= 15 is 0 Å². The van der Waals surface area contributed by atoms with Crippen LogP contribution in [0.3, 0.4) is 0 Å². The number of halogens is 4. The lowest BCUT2D eigenvalue weighted by molar-refractivity contribution is -0.137. The smallest absolute Gasteiger partial charge is 0.383 e. The number of aryl methyl sites for hydroxylation is 1. The fraction of sp³-hybridized carbons (Fsp3) is 0.250. The van der Waals surface area contributed by atoms with Gasteiger partial charge in [-0.1, -0.05) is 6.07 Å². The highest BCUT2D eigenvalue weighted by molar-refractivity contribution is 7.11. The molecule has 0 saturated heterocycles. The zero-order valence-corrected chi connectivity index (χ0v) is 10.5. The highest BCUT2D eigenvalue weighted by Gasteiger charge is 2.35. The number of aliphatic hydroxyl groups is 1. The van der Waals surface area contributed by atoms with Gasteiger partial charge in [-0.3, -0.25) is 0 Å². The van der Waals surface area contributed by atoms with Crippen LogP contribution in [0.5, 0.6) is 0 Å². The van der Waals surface area contributed by atoms with Crippen molar-refractivity contribution in [2.24, 2.45) is 0 Å². The van der Waals surface area contributed by atoms with Crippen molar-refractivity contribution in [3.05, 3.63) is 51.2 Å². The van der Waals surface area contributed by atoms with E-state index in [4.69, 9.17) is 0 Å². The quantitative estimate of drug-likeness (QED) is 0.856. The average Bonchev–Trinajstić information content (AvgIpc) is 2.76. The second kappa shape index (κ2) is 4.90. The maximum atomic E-state index is 12.9. The lowest BCUT2D eigenvalue weighted by Gasteiger charge is -2.11. The Morgan fingerprint density at radius 1 is 1.32 bits per heavy atom. The molecule has 1 heterocycles. The molecule has 0 aliphatic rings. The van der Waals surface area contributed by atoms with E-state index in [1.54, 1.807) is 6.92 Å². The maximum absolute atomic E-state index is 12.9. The van der Waals surface area contributed by atoms with Gasteiger partial charge in [0.05, 0.1) is 4.88 Å². The molecule has 0 spiro atoms. The molecule has 2 rings (SSSR count). The van der Waals surface area contributed by atoms with Gasteiger partial charge >= 0.3 is 6.18 Å². The van der Waals surface area contributed by atoms with Gasteiger partial charge in [0, 0.05) is 6.20 Å². The molecule has 1 aromatic carbocycles. The summed E-state index contributed by atoms with van der Waals surface area (Å²) in [5.74, 6) is -0.464. The first-order valence-electron chi connectivity index (χ1n) is 5.26. The predicted molar refractivity (Wildman–Crippen MR) is 62.3 cm³/mol. The van der Waals surface area contributed by atoms with Crippen molar-refractivity contribution >= 4 is 11.3 Å². The van der Waals surface area contributed by atoms with Gasteiger partial charge in [-0.2, -0.15) is 13.2 Å². The van der Waals surface area contributed by atoms with Crippen LogP contribution in [0.2, 0.25) is 0 Å². The van der Waals surface area contributed by atoms with Crippen molar-refractivity contribution < 1.29 is 22.7 Å². The number of alkyl halides is 3. The van der Waals surface area contributed by atoms with Crippen molar-refractivity contribution in [3.63, 3.8) is 0 Å². The highest BCUT2D eigenvalue weighted by Crippen LogP contribution is 2.36. The average molecular weight is 291 g/mol. The molecule has 2 aromatic rings. The van der Waals surface area contributed by atoms with Gasteiger partial charge in [-0.25, -0.2) is 9.37 Å². The van der Waals surface area contributed by atoms with Crippen LogP contribution in [-0.4, -0.2) is 10.1 Å². The molecule has 102 valence electrons. The minimum absolute atomic E-state index is 0.0713. The van der Waals surface area contributed by atoms with Gasteiger partial charge in [0.1, 0.15) is 11.9 Å². The van der Waals surface area contributed by atoms with E-state index in [2.05, 4.69) is 4.98 Å². The fourth-order valence-corrected chi connectivity index (χ4v) is 2.43. The molecular weight excluding hydrogens is 282 g/mol. The Bertz CT molecular complexity index is 594. The molecule has 19 heavy (non-hydrogen) atoms. The Labute approximate surface area is 110 Å². The van der Waals surface area contributed by atoms with E-state index in [0.717, 1.165) is 12.3 Å². The Hall–Kier alpha value is -1.47. The predicted octanol–water partition coefficient (Wildman–Crippen LogP) is 3.69. The van der Waals surface area contributed by atoms with E-state index in [-0.39, 0.29) is 4.88 Å². The van der Waals surface area contributed by atoms with Gasteiger partial charge in [0.15, 0.2) is 5.01 Å². The standard InChI is InChI=1S/C12H9F4NOS/c1-6-4-7(13)2-3-8(6)10(18)9-5-17-11(19-9)12(14,15)16/h2-5,10,18H,1H3. The van der Waals surface area contributed by atoms with Crippen LogP contribution in [0.15, 0.2) is 24.4 Å². The van der Waals surface area contributed by atoms with Crippen LogP contribution in [0, 0.1) is 12.7 Å². The second-order valence-electron chi connectivity index (χ2n) is 3.97. The number of thiazole rings is 1. The molecule has 7 heteroatoms. The number of nitrogens with zero attached hydrogens (tertiary/aromatic N) is 1. The van der Waals surface area contributed by atoms with Crippen molar-refractivity contribution in [1.29, 1.82) is 0 Å². The molecule has 1 atom stereocenters. The minimum atomic E-state index is -4.53. The van der Waals surface area contributed by atoms with Crippen LogP contribution in [0.25, 0.3) is 0 Å². The molecule has 0 amide bonds. The largest absolute Gasteiger partial charge is 0.443 e. The number of rotatable bonds is 2. The summed E-state index contributed by atoms with van der Waals surface area (Å²) in [6, 6.07) is 3.71. The molecule has 0 radical (unpaired) electrons. The van der Waals surface area contributed by atoms with Crippen LogP contribution in [-0.2, 0) is 6.18 Å². The van der Waals surface area contributed by atoms with E-state index in [1.165, 1.54) is 12.1 Å². The zero-order valence-electron chi connectivity index (χ0n) is 9.70. The van der Waals surface area contributed by atoms with Gasteiger partial charge in [-0.05, 0) is 30.2 Å². The SMILES string of the molecule is Cc1cc(F)ccc1C(O)c1cnc(C(F)(F)F)s1. The minimum Gasteiger partial charge on any atom is -0.383 e.